The van der Waals surface area contributed by atoms with Crippen molar-refractivity contribution in [3.05, 3.63) is 126 Å². The largest absolute Gasteiger partial charge is 0.464 e. The van der Waals surface area contributed by atoms with Crippen LogP contribution in [-0.2, 0) is 70.7 Å². The first-order valence-electron chi connectivity index (χ1n) is 26.3. The van der Waals surface area contributed by atoms with Crippen molar-refractivity contribution in [2.45, 2.75) is 25.7 Å². The number of nitrogens with zero attached hydrogens (tertiary/aromatic N) is 11. The minimum absolute atomic E-state index is 0.0147. The summed E-state index contributed by atoms with van der Waals surface area (Å²) in [6.45, 7) is 0.474. The van der Waals surface area contributed by atoms with Crippen LogP contribution in [-0.4, -0.2) is 131 Å². The molecule has 0 bridgehead atoms. The molecular formula is C54H63N21O11. The Morgan fingerprint density at radius 1 is 0.384 bits per heavy atom. The second kappa shape index (κ2) is 25.9. The fourth-order valence-corrected chi connectivity index (χ4v) is 8.93. The Morgan fingerprint density at radius 2 is 0.686 bits per heavy atom. The minimum Gasteiger partial charge on any atom is -0.464 e. The van der Waals surface area contributed by atoms with Gasteiger partial charge in [-0.15, -0.1) is 0 Å². The molecule has 32 nitrogen and oxygen atoms in total. The van der Waals surface area contributed by atoms with Crippen molar-refractivity contribution >= 4 is 105 Å². The number of nitrogens with one attached hydrogen (secondary N) is 9. The Kier molecular flexibility index (Phi) is 18.3. The number of ether oxygens (including phenoxy) is 1. The molecule has 32 heteroatoms. The second-order valence-corrected chi connectivity index (χ2v) is 19.9. The molecule has 0 fully saturated rings. The SMILES string of the molecule is COC(=O)c1cc(NC(=O)c2nc(NC(=O)c3cc(NC(=O)c4nc(NC(=O)CCCNC(=O)c5cc(NC(=O)c6cc(NC(=O)c7cc(NC(=O)c8nc(NC(=O)CCCN)cn8C)cn7C)cn6C)cn5C)cn4C)cn3C)cn2C)cn1C. The Balaban J connectivity index is 0.761. The van der Waals surface area contributed by atoms with E-state index in [2.05, 4.69) is 62.8 Å². The number of amides is 9. The maximum Gasteiger partial charge on any atom is 0.354 e. The quantitative estimate of drug-likeness (QED) is 0.0325. The normalized spacial score (nSPS) is 11.0. The summed E-state index contributed by atoms with van der Waals surface area (Å²) in [5.41, 5.74) is 7.92. The molecule has 8 aromatic rings. The van der Waals surface area contributed by atoms with E-state index in [1.54, 1.807) is 75.0 Å². The van der Waals surface area contributed by atoms with Crippen molar-refractivity contribution in [3.63, 3.8) is 0 Å². The maximum atomic E-state index is 13.5. The zero-order valence-corrected chi connectivity index (χ0v) is 48.2. The van der Waals surface area contributed by atoms with Gasteiger partial charge in [0.2, 0.25) is 29.3 Å². The first-order valence-corrected chi connectivity index (χ1v) is 26.3. The standard InChI is InChI=1S/C54H63N21O11/c1-68-21-29(57-48(79)35-17-30(22-69(35)2)58-49(80)36-18-31(23-70(36)3)59-51(82)44-64-39(26-73(44)6)62-42(76)12-10-14-55)16-34(68)47(78)56-15-11-13-43(77)63-40-27-74(7)45(65-40)52(83)60-32-19-37(71(4)24-32)50(81)67-41-28-75(8)46(66-41)53(84)61-33-20-38(54(85)86-9)72(5)25-33/h16-28H,10-15,55H2,1-9H3,(H,56,78)(H,57,79)(H,58,80)(H,59,82)(H,60,83)(H,61,84)(H,62,76)(H,63,77)(H,67,81). The number of esters is 1. The van der Waals surface area contributed by atoms with Gasteiger partial charge in [0.15, 0.2) is 17.5 Å². The Morgan fingerprint density at radius 3 is 1.05 bits per heavy atom. The predicted molar refractivity (Wildman–Crippen MR) is 313 cm³/mol. The monoisotopic (exact) mass is 1180 g/mol. The lowest BCUT2D eigenvalue weighted by atomic mass is 10.3. The van der Waals surface area contributed by atoms with Crippen LogP contribution in [0.4, 0.5) is 45.9 Å². The van der Waals surface area contributed by atoms with Gasteiger partial charge in [0.25, 0.3) is 41.4 Å². The molecule has 86 heavy (non-hydrogen) atoms. The van der Waals surface area contributed by atoms with Crippen molar-refractivity contribution < 1.29 is 52.7 Å². The molecule has 0 aliphatic heterocycles. The molecule has 0 saturated heterocycles. The van der Waals surface area contributed by atoms with Gasteiger partial charge in [-0.3, -0.25) is 43.2 Å². The molecule has 0 aliphatic carbocycles. The lowest BCUT2D eigenvalue weighted by Gasteiger charge is -2.06. The Bertz CT molecular complexity index is 3980. The lowest BCUT2D eigenvalue weighted by Crippen LogP contribution is -2.27. The first-order chi connectivity index (χ1) is 40.9. The highest BCUT2D eigenvalue weighted by Crippen LogP contribution is 2.23. The van der Waals surface area contributed by atoms with Gasteiger partial charge in [-0.2, -0.15) is 0 Å². The first kappa shape index (κ1) is 60.8. The highest BCUT2D eigenvalue weighted by Gasteiger charge is 2.24. The van der Waals surface area contributed by atoms with Gasteiger partial charge in [0.1, 0.15) is 28.5 Å². The van der Waals surface area contributed by atoms with Crippen LogP contribution in [0.3, 0.4) is 0 Å². The summed E-state index contributed by atoms with van der Waals surface area (Å²) >= 11 is 0. The summed E-state index contributed by atoms with van der Waals surface area (Å²) in [5, 5.41) is 24.3. The van der Waals surface area contributed by atoms with Gasteiger partial charge in [-0.1, -0.05) is 0 Å². The summed E-state index contributed by atoms with van der Waals surface area (Å²) in [7, 11) is 14.1. The number of hydrogen-bond acceptors (Lipinski definition) is 15. The average Bonchev–Trinajstić information content (AvgIpc) is 2.66. The summed E-state index contributed by atoms with van der Waals surface area (Å²) in [6, 6.07) is 7.31. The number of anilines is 8. The number of nitrogens with two attached hydrogens (primary N) is 1. The van der Waals surface area contributed by atoms with E-state index in [-0.39, 0.29) is 101 Å². The molecule has 450 valence electrons. The molecule has 0 saturated carbocycles. The molecule has 9 amide bonds. The van der Waals surface area contributed by atoms with E-state index in [1.165, 1.54) is 105 Å². The van der Waals surface area contributed by atoms with Crippen molar-refractivity contribution in [3.8, 4) is 0 Å². The molecule has 0 spiro atoms. The van der Waals surface area contributed by atoms with Crippen LogP contribution < -0.4 is 53.6 Å². The molecule has 0 aliphatic rings. The highest BCUT2D eigenvalue weighted by molar-refractivity contribution is 6.10. The number of carbonyl (C=O) groups is 10. The second-order valence-electron chi connectivity index (χ2n) is 19.9. The third kappa shape index (κ3) is 14.3. The summed E-state index contributed by atoms with van der Waals surface area (Å²) in [6.07, 6.45) is 13.0. The zero-order valence-electron chi connectivity index (χ0n) is 48.2. The van der Waals surface area contributed by atoms with Crippen LogP contribution in [0, 0.1) is 0 Å². The van der Waals surface area contributed by atoms with Crippen LogP contribution in [0.5, 0.6) is 0 Å². The molecular weight excluding hydrogens is 1120 g/mol. The van der Waals surface area contributed by atoms with E-state index >= 15 is 0 Å². The highest BCUT2D eigenvalue weighted by atomic mass is 16.5. The van der Waals surface area contributed by atoms with Crippen LogP contribution >= 0.6 is 0 Å². The van der Waals surface area contributed by atoms with Gasteiger partial charge < -0.3 is 94.9 Å². The van der Waals surface area contributed by atoms with E-state index in [0.717, 1.165) is 0 Å². The summed E-state index contributed by atoms with van der Waals surface area (Å²) in [5.74, 6) is -4.94. The van der Waals surface area contributed by atoms with Crippen LogP contribution in [0.25, 0.3) is 0 Å². The number of aromatic nitrogens is 11. The van der Waals surface area contributed by atoms with Gasteiger partial charge in [0, 0.05) is 125 Å². The molecule has 0 radical (unpaired) electrons. The van der Waals surface area contributed by atoms with Gasteiger partial charge in [-0.25, -0.2) is 19.7 Å². The Hall–Kier alpha value is -11.3. The van der Waals surface area contributed by atoms with Crippen molar-refractivity contribution in [2.75, 3.05) is 62.7 Å². The topological polar surface area (TPSA) is 392 Å². The number of hydrogen-bond donors (Lipinski definition) is 10. The summed E-state index contributed by atoms with van der Waals surface area (Å²) < 4.78 is 16.6. The fourth-order valence-electron chi connectivity index (χ4n) is 8.93. The Labute approximate surface area is 489 Å². The van der Waals surface area contributed by atoms with E-state index in [9.17, 15) is 47.9 Å². The molecule has 0 atom stereocenters. The minimum atomic E-state index is -0.641. The fraction of sp³-hybridized carbons (Fsp3) is 0.278. The molecule has 8 aromatic heterocycles. The van der Waals surface area contributed by atoms with Crippen molar-refractivity contribution in [1.82, 2.24) is 56.8 Å². The number of rotatable bonds is 23. The van der Waals surface area contributed by atoms with E-state index in [0.29, 0.717) is 35.7 Å². The van der Waals surface area contributed by atoms with Gasteiger partial charge >= 0.3 is 5.97 Å². The molecule has 8 heterocycles. The average molecular weight is 1180 g/mol. The number of imidazole rings is 3. The molecule has 0 aromatic carbocycles. The smallest absolute Gasteiger partial charge is 0.354 e. The van der Waals surface area contributed by atoms with E-state index in [1.807, 2.05) is 0 Å². The third-order valence-corrected chi connectivity index (χ3v) is 13.1. The van der Waals surface area contributed by atoms with Gasteiger partial charge in [0.05, 0.1) is 35.5 Å². The van der Waals surface area contributed by atoms with Crippen molar-refractivity contribution in [2.24, 2.45) is 62.1 Å². The number of methoxy groups -OCH3 is 1. The number of aryl methyl sites for hydroxylation is 8. The summed E-state index contributed by atoms with van der Waals surface area (Å²) in [4.78, 5) is 143. The zero-order chi connectivity index (χ0) is 62.3. The maximum absolute atomic E-state index is 13.5. The third-order valence-electron chi connectivity index (χ3n) is 13.1. The van der Waals surface area contributed by atoms with Crippen molar-refractivity contribution in [1.29, 1.82) is 0 Å². The van der Waals surface area contributed by atoms with Crippen LogP contribution in [0.15, 0.2) is 79.9 Å². The number of carbonyl (C=O) groups excluding carboxylic acids is 10. The lowest BCUT2D eigenvalue weighted by molar-refractivity contribution is -0.117. The van der Waals surface area contributed by atoms with Crippen LogP contribution in [0.2, 0.25) is 0 Å². The van der Waals surface area contributed by atoms with E-state index < -0.39 is 53.2 Å². The van der Waals surface area contributed by atoms with Crippen LogP contribution in [0.1, 0.15) is 110 Å². The van der Waals surface area contributed by atoms with E-state index in [4.69, 9.17) is 10.5 Å². The predicted octanol–water partition coefficient (Wildman–Crippen LogP) is 2.71. The molecule has 8 rings (SSSR count). The molecule has 0 unspecified atom stereocenters. The molecule has 11 N–H and O–H groups in total. The van der Waals surface area contributed by atoms with Gasteiger partial charge in [-0.05, 0) is 49.7 Å².